The number of amides is 2. The molecule has 0 bridgehead atoms. The first-order valence-electron chi connectivity index (χ1n) is 11.0. The summed E-state index contributed by atoms with van der Waals surface area (Å²) in [5.74, 6) is -0.251. The summed E-state index contributed by atoms with van der Waals surface area (Å²) < 4.78 is 0. The van der Waals surface area contributed by atoms with Gasteiger partial charge in [0.25, 0.3) is 5.91 Å². The first kappa shape index (κ1) is 22.9. The molecule has 33 heavy (non-hydrogen) atoms. The maximum Gasteiger partial charge on any atom is 0.255 e. The van der Waals surface area contributed by atoms with Crippen molar-refractivity contribution < 1.29 is 9.59 Å². The number of aliphatic imine (C=N–C) groups is 1. The Morgan fingerprint density at radius 3 is 2.55 bits per heavy atom. The number of nitrogens with zero attached hydrogens (tertiary/aromatic N) is 2. The molecule has 7 heteroatoms. The molecular formula is C26H28N4O2S. The minimum absolute atomic E-state index is 0.0531. The average Bonchev–Trinajstić information content (AvgIpc) is 3.14. The molecular weight excluding hydrogens is 432 g/mol. The van der Waals surface area contributed by atoms with Crippen LogP contribution in [0, 0.1) is 6.92 Å². The fraction of sp³-hybridized carbons (Fsp3) is 0.269. The van der Waals surface area contributed by atoms with Crippen LogP contribution in [0.4, 0.5) is 5.69 Å². The molecule has 2 aromatic carbocycles. The molecule has 0 saturated carbocycles. The lowest BCUT2D eigenvalue weighted by Crippen LogP contribution is -2.39. The summed E-state index contributed by atoms with van der Waals surface area (Å²) in [5.41, 5.74) is 4.90. The number of carbonyl (C=O) groups is 2. The molecule has 0 fully saturated rings. The van der Waals surface area contributed by atoms with Gasteiger partial charge < -0.3 is 15.5 Å². The van der Waals surface area contributed by atoms with Gasteiger partial charge in [-0.2, -0.15) is 0 Å². The van der Waals surface area contributed by atoms with E-state index in [1.807, 2.05) is 86.5 Å². The van der Waals surface area contributed by atoms with E-state index in [9.17, 15) is 9.59 Å². The standard InChI is InChI=1S/C26H28N4O2S/c1-16(2)27-22(31)14-21-15-33-26-28-18(4)23(25(32)29-20-11-6-5-7-12-20)24(30(21)26)19-10-8-9-17(3)13-19/h5-13,15-16,24H,14H2,1-4H3,(H,27,31)(H,29,32). The van der Waals surface area contributed by atoms with E-state index >= 15 is 0 Å². The summed E-state index contributed by atoms with van der Waals surface area (Å²) in [5, 5.41) is 8.72. The summed E-state index contributed by atoms with van der Waals surface area (Å²) >= 11 is 1.49. The summed E-state index contributed by atoms with van der Waals surface area (Å²) in [6.07, 6.45) is 0.221. The first-order chi connectivity index (χ1) is 15.8. The number of thioether (sulfide) groups is 1. The Morgan fingerprint density at radius 1 is 1.09 bits per heavy atom. The van der Waals surface area contributed by atoms with Crippen molar-refractivity contribution >= 4 is 34.4 Å². The van der Waals surface area contributed by atoms with Gasteiger partial charge in [-0.25, -0.2) is 4.99 Å². The number of rotatable bonds is 6. The Hall–Kier alpha value is -3.32. The fourth-order valence-corrected chi connectivity index (χ4v) is 5.04. The molecule has 1 unspecified atom stereocenters. The van der Waals surface area contributed by atoms with Gasteiger partial charge >= 0.3 is 0 Å². The number of anilines is 1. The Kier molecular flexibility index (Phi) is 6.70. The quantitative estimate of drug-likeness (QED) is 0.627. The predicted molar refractivity (Wildman–Crippen MR) is 135 cm³/mol. The molecule has 0 spiro atoms. The molecule has 0 radical (unpaired) electrons. The van der Waals surface area contributed by atoms with Crippen molar-refractivity contribution in [3.63, 3.8) is 0 Å². The van der Waals surface area contributed by atoms with Crippen LogP contribution in [0.15, 0.2) is 82.0 Å². The molecule has 2 N–H and O–H groups in total. The van der Waals surface area contributed by atoms with Crippen molar-refractivity contribution in [2.24, 2.45) is 4.99 Å². The van der Waals surface area contributed by atoms with Crippen LogP contribution in [-0.2, 0) is 9.59 Å². The molecule has 1 atom stereocenters. The SMILES string of the molecule is CC1=C(C(=O)Nc2ccccc2)C(c2cccc(C)c2)N2C(CC(=O)NC(C)C)=CSC2=N1. The molecule has 4 rings (SSSR count). The molecule has 0 aromatic heterocycles. The first-order valence-corrected chi connectivity index (χ1v) is 11.9. The topological polar surface area (TPSA) is 73.8 Å². The number of carbonyl (C=O) groups excluding carboxylic acids is 2. The van der Waals surface area contributed by atoms with Crippen LogP contribution in [0.1, 0.15) is 44.4 Å². The molecule has 2 heterocycles. The number of hydrogen-bond donors (Lipinski definition) is 2. The number of fused-ring (bicyclic) bond motifs is 1. The smallest absolute Gasteiger partial charge is 0.255 e. The van der Waals surface area contributed by atoms with Gasteiger partial charge in [0.2, 0.25) is 5.91 Å². The van der Waals surface area contributed by atoms with E-state index in [-0.39, 0.29) is 30.3 Å². The monoisotopic (exact) mass is 460 g/mol. The van der Waals surface area contributed by atoms with E-state index in [1.165, 1.54) is 11.8 Å². The molecule has 0 aliphatic carbocycles. The third-order valence-electron chi connectivity index (χ3n) is 5.43. The number of para-hydroxylation sites is 1. The van der Waals surface area contributed by atoms with Crippen LogP contribution >= 0.6 is 11.8 Å². The largest absolute Gasteiger partial charge is 0.354 e. The van der Waals surface area contributed by atoms with Crippen LogP contribution in [0.2, 0.25) is 0 Å². The highest BCUT2D eigenvalue weighted by molar-refractivity contribution is 8.16. The highest BCUT2D eigenvalue weighted by Crippen LogP contribution is 2.44. The van der Waals surface area contributed by atoms with E-state index in [0.717, 1.165) is 27.7 Å². The van der Waals surface area contributed by atoms with E-state index in [1.54, 1.807) is 0 Å². The van der Waals surface area contributed by atoms with E-state index in [4.69, 9.17) is 4.99 Å². The Balaban J connectivity index is 1.74. The second-order valence-electron chi connectivity index (χ2n) is 8.53. The van der Waals surface area contributed by atoms with Gasteiger partial charge in [-0.15, -0.1) is 0 Å². The number of nitrogens with one attached hydrogen (secondary N) is 2. The van der Waals surface area contributed by atoms with Crippen LogP contribution < -0.4 is 10.6 Å². The number of allylic oxidation sites excluding steroid dienone is 1. The molecule has 6 nitrogen and oxygen atoms in total. The third kappa shape index (κ3) is 5.03. The summed E-state index contributed by atoms with van der Waals surface area (Å²) in [6.45, 7) is 7.79. The van der Waals surface area contributed by atoms with Gasteiger partial charge in [-0.3, -0.25) is 9.59 Å². The van der Waals surface area contributed by atoms with Gasteiger partial charge in [0.1, 0.15) is 0 Å². The number of hydrogen-bond acceptors (Lipinski definition) is 5. The fourth-order valence-electron chi connectivity index (χ4n) is 4.07. The molecule has 2 aromatic rings. The maximum absolute atomic E-state index is 13.5. The zero-order valence-electron chi connectivity index (χ0n) is 19.3. The van der Waals surface area contributed by atoms with E-state index < -0.39 is 0 Å². The van der Waals surface area contributed by atoms with Crippen molar-refractivity contribution in [1.82, 2.24) is 10.2 Å². The molecule has 2 amide bonds. The number of benzene rings is 2. The van der Waals surface area contributed by atoms with Crippen LogP contribution in [0.5, 0.6) is 0 Å². The van der Waals surface area contributed by atoms with Crippen molar-refractivity contribution in [2.75, 3.05) is 5.32 Å². The maximum atomic E-state index is 13.5. The van der Waals surface area contributed by atoms with E-state index in [2.05, 4.69) is 16.7 Å². The zero-order chi connectivity index (χ0) is 23.5. The molecule has 2 aliphatic rings. The van der Waals surface area contributed by atoms with Gasteiger partial charge in [0.05, 0.1) is 23.7 Å². The molecule has 2 aliphatic heterocycles. The van der Waals surface area contributed by atoms with Gasteiger partial charge in [0, 0.05) is 17.4 Å². The van der Waals surface area contributed by atoms with Gasteiger partial charge in [-0.1, -0.05) is 59.8 Å². The molecule has 0 saturated heterocycles. The minimum Gasteiger partial charge on any atom is -0.354 e. The molecule has 170 valence electrons. The summed E-state index contributed by atoms with van der Waals surface area (Å²) in [4.78, 5) is 32.9. The highest BCUT2D eigenvalue weighted by Gasteiger charge is 2.40. The minimum atomic E-state index is -0.380. The lowest BCUT2D eigenvalue weighted by atomic mass is 9.92. The highest BCUT2D eigenvalue weighted by atomic mass is 32.2. The predicted octanol–water partition coefficient (Wildman–Crippen LogP) is 5.12. The zero-order valence-corrected chi connectivity index (χ0v) is 20.1. The Morgan fingerprint density at radius 2 is 1.85 bits per heavy atom. The van der Waals surface area contributed by atoms with Gasteiger partial charge in [-0.05, 0) is 50.8 Å². The van der Waals surface area contributed by atoms with Crippen LogP contribution in [0.25, 0.3) is 0 Å². The lowest BCUT2D eigenvalue weighted by Gasteiger charge is -2.36. The van der Waals surface area contributed by atoms with Crippen molar-refractivity contribution in [2.45, 2.75) is 46.2 Å². The Bertz CT molecular complexity index is 1170. The number of amidine groups is 1. The van der Waals surface area contributed by atoms with Crippen LogP contribution in [0.3, 0.4) is 0 Å². The average molecular weight is 461 g/mol. The summed E-state index contributed by atoms with van der Waals surface area (Å²) in [7, 11) is 0. The Labute approximate surface area is 198 Å². The van der Waals surface area contributed by atoms with E-state index in [0.29, 0.717) is 11.3 Å². The van der Waals surface area contributed by atoms with Gasteiger partial charge in [0.15, 0.2) is 5.17 Å². The second-order valence-corrected chi connectivity index (χ2v) is 9.36. The third-order valence-corrected chi connectivity index (χ3v) is 6.31. The van der Waals surface area contributed by atoms with Crippen molar-refractivity contribution in [1.29, 1.82) is 0 Å². The second kappa shape index (κ2) is 9.67. The van der Waals surface area contributed by atoms with Crippen molar-refractivity contribution in [3.05, 3.63) is 88.1 Å². The van der Waals surface area contributed by atoms with Crippen molar-refractivity contribution in [3.8, 4) is 0 Å². The number of aryl methyl sites for hydroxylation is 1. The lowest BCUT2D eigenvalue weighted by molar-refractivity contribution is -0.121. The summed E-state index contributed by atoms with van der Waals surface area (Å²) in [6, 6.07) is 17.2. The normalized spacial score (nSPS) is 17.5. The van der Waals surface area contributed by atoms with Crippen LogP contribution in [-0.4, -0.2) is 27.9 Å².